The number of carbonyl (C=O) groups excluding carboxylic acids is 1. The van der Waals surface area contributed by atoms with Crippen LogP contribution in [0.4, 0.5) is 0 Å². The first-order valence-corrected chi connectivity index (χ1v) is 4.77. The van der Waals surface area contributed by atoms with Gasteiger partial charge in [0.2, 0.25) is 5.91 Å². The van der Waals surface area contributed by atoms with Gasteiger partial charge in [-0.3, -0.25) is 9.48 Å². The van der Waals surface area contributed by atoms with Crippen LogP contribution in [-0.2, 0) is 18.4 Å². The fraction of sp³-hybridized carbons (Fsp3) is 0.667. The van der Waals surface area contributed by atoms with Crippen molar-refractivity contribution >= 4 is 5.91 Å². The van der Waals surface area contributed by atoms with Gasteiger partial charge in [-0.15, -0.1) is 0 Å². The van der Waals surface area contributed by atoms with Gasteiger partial charge in [-0.25, -0.2) is 4.98 Å². The van der Waals surface area contributed by atoms with E-state index in [9.17, 15) is 4.79 Å². The number of hydrogen-bond donors (Lipinski definition) is 2. The number of rotatable bonds is 5. The van der Waals surface area contributed by atoms with Crippen LogP contribution in [-0.4, -0.2) is 27.2 Å². The number of carbonyl (C=O) groups is 1. The Morgan fingerprint density at radius 1 is 1.67 bits per heavy atom. The summed E-state index contributed by atoms with van der Waals surface area (Å²) in [6, 6.07) is 0. The molecule has 0 aliphatic carbocycles. The minimum Gasteiger partial charge on any atom is -0.369 e. The SMILES string of the molecule is Cn1ncnc1CNCC(C)(C)C(N)=O. The van der Waals surface area contributed by atoms with Gasteiger partial charge in [-0.1, -0.05) is 0 Å². The molecule has 0 spiro atoms. The number of aryl methyl sites for hydroxylation is 1. The summed E-state index contributed by atoms with van der Waals surface area (Å²) in [6.45, 7) is 4.71. The first-order valence-electron chi connectivity index (χ1n) is 4.77. The Bertz CT molecular complexity index is 344. The lowest BCUT2D eigenvalue weighted by molar-refractivity contribution is -0.125. The second-order valence-electron chi connectivity index (χ2n) is 4.15. The van der Waals surface area contributed by atoms with Gasteiger partial charge in [-0.05, 0) is 13.8 Å². The summed E-state index contributed by atoms with van der Waals surface area (Å²) >= 11 is 0. The fourth-order valence-electron chi connectivity index (χ4n) is 1.05. The Morgan fingerprint density at radius 2 is 2.33 bits per heavy atom. The molecule has 0 aromatic carbocycles. The Labute approximate surface area is 88.9 Å². The van der Waals surface area contributed by atoms with E-state index in [1.807, 2.05) is 7.05 Å². The maximum Gasteiger partial charge on any atom is 0.224 e. The quantitative estimate of drug-likeness (QED) is 0.682. The van der Waals surface area contributed by atoms with E-state index in [0.717, 1.165) is 5.82 Å². The summed E-state index contributed by atoms with van der Waals surface area (Å²) < 4.78 is 1.68. The van der Waals surface area contributed by atoms with Crippen LogP contribution in [0.25, 0.3) is 0 Å². The minimum atomic E-state index is -0.543. The lowest BCUT2D eigenvalue weighted by atomic mass is 9.93. The topological polar surface area (TPSA) is 85.8 Å². The largest absolute Gasteiger partial charge is 0.369 e. The molecule has 3 N–H and O–H groups in total. The summed E-state index contributed by atoms with van der Waals surface area (Å²) in [7, 11) is 1.82. The van der Waals surface area contributed by atoms with Crippen molar-refractivity contribution < 1.29 is 4.79 Å². The van der Waals surface area contributed by atoms with E-state index in [-0.39, 0.29) is 5.91 Å². The molecule has 0 fully saturated rings. The predicted octanol–water partition coefficient (Wildman–Crippen LogP) is -0.584. The molecule has 0 unspecified atom stereocenters. The van der Waals surface area contributed by atoms with E-state index in [0.29, 0.717) is 13.1 Å². The Balaban J connectivity index is 2.40. The molecule has 0 aliphatic rings. The van der Waals surface area contributed by atoms with Crippen molar-refractivity contribution in [3.8, 4) is 0 Å². The van der Waals surface area contributed by atoms with Crippen molar-refractivity contribution in [3.63, 3.8) is 0 Å². The monoisotopic (exact) mass is 211 g/mol. The molecule has 1 heterocycles. The van der Waals surface area contributed by atoms with Crippen molar-refractivity contribution in [2.45, 2.75) is 20.4 Å². The lowest BCUT2D eigenvalue weighted by Crippen LogP contribution is -2.40. The van der Waals surface area contributed by atoms with Crippen LogP contribution in [0, 0.1) is 5.41 Å². The molecule has 0 atom stereocenters. The van der Waals surface area contributed by atoms with E-state index in [1.165, 1.54) is 6.33 Å². The Kier molecular flexibility index (Phi) is 3.41. The highest BCUT2D eigenvalue weighted by atomic mass is 16.1. The van der Waals surface area contributed by atoms with Crippen LogP contribution in [0.1, 0.15) is 19.7 Å². The molecule has 1 rings (SSSR count). The first kappa shape index (κ1) is 11.6. The minimum absolute atomic E-state index is 0.312. The number of nitrogens with two attached hydrogens (primary N) is 1. The number of primary amides is 1. The molecule has 1 aromatic rings. The van der Waals surface area contributed by atoms with Crippen molar-refractivity contribution in [1.29, 1.82) is 0 Å². The average Bonchev–Trinajstić information content (AvgIpc) is 2.51. The zero-order valence-corrected chi connectivity index (χ0v) is 9.32. The van der Waals surface area contributed by atoms with Gasteiger partial charge in [0.25, 0.3) is 0 Å². The zero-order valence-electron chi connectivity index (χ0n) is 9.32. The van der Waals surface area contributed by atoms with E-state index < -0.39 is 5.41 Å². The molecule has 6 nitrogen and oxygen atoms in total. The van der Waals surface area contributed by atoms with E-state index in [1.54, 1.807) is 18.5 Å². The number of nitrogens with zero attached hydrogens (tertiary/aromatic N) is 3. The number of aromatic nitrogens is 3. The Morgan fingerprint density at radius 3 is 2.80 bits per heavy atom. The number of nitrogens with one attached hydrogen (secondary N) is 1. The number of amides is 1. The summed E-state index contributed by atoms with van der Waals surface area (Å²) in [5.74, 6) is 0.517. The Hall–Kier alpha value is -1.43. The van der Waals surface area contributed by atoms with Crippen molar-refractivity contribution in [2.24, 2.45) is 18.2 Å². The smallest absolute Gasteiger partial charge is 0.224 e. The molecule has 84 valence electrons. The summed E-state index contributed by atoms with van der Waals surface area (Å²) in [6.07, 6.45) is 1.50. The molecule has 1 aromatic heterocycles. The molecule has 6 heteroatoms. The highest BCUT2D eigenvalue weighted by molar-refractivity contribution is 5.80. The van der Waals surface area contributed by atoms with Crippen LogP contribution < -0.4 is 11.1 Å². The van der Waals surface area contributed by atoms with Crippen LogP contribution in [0.5, 0.6) is 0 Å². The van der Waals surface area contributed by atoms with E-state index in [2.05, 4.69) is 15.4 Å². The van der Waals surface area contributed by atoms with Crippen LogP contribution in [0.2, 0.25) is 0 Å². The van der Waals surface area contributed by atoms with E-state index in [4.69, 9.17) is 5.73 Å². The summed E-state index contributed by atoms with van der Waals surface area (Å²) in [4.78, 5) is 15.1. The van der Waals surface area contributed by atoms with Gasteiger partial charge in [-0.2, -0.15) is 5.10 Å². The third-order valence-corrected chi connectivity index (χ3v) is 2.32. The van der Waals surface area contributed by atoms with Crippen LogP contribution in [0.15, 0.2) is 6.33 Å². The molecule has 0 radical (unpaired) electrons. The fourth-order valence-corrected chi connectivity index (χ4v) is 1.05. The highest BCUT2D eigenvalue weighted by Crippen LogP contribution is 2.11. The summed E-state index contributed by atoms with van der Waals surface area (Å²) in [5.41, 5.74) is 4.70. The molecule has 0 bridgehead atoms. The van der Waals surface area contributed by atoms with Crippen molar-refractivity contribution in [3.05, 3.63) is 12.2 Å². The molecule has 0 saturated carbocycles. The third-order valence-electron chi connectivity index (χ3n) is 2.32. The predicted molar refractivity (Wildman–Crippen MR) is 55.7 cm³/mol. The average molecular weight is 211 g/mol. The standard InChI is InChI=1S/C9H17N5O/c1-9(2,8(10)15)5-11-4-7-12-6-13-14(7)3/h6,11H,4-5H2,1-3H3,(H2,10,15). The van der Waals surface area contributed by atoms with Gasteiger partial charge in [0.15, 0.2) is 0 Å². The molecule has 0 aliphatic heterocycles. The number of hydrogen-bond acceptors (Lipinski definition) is 4. The molecular formula is C9H17N5O. The third kappa shape index (κ3) is 3.02. The molecule has 15 heavy (non-hydrogen) atoms. The van der Waals surface area contributed by atoms with Gasteiger partial charge >= 0.3 is 0 Å². The lowest BCUT2D eigenvalue weighted by Gasteiger charge is -2.20. The van der Waals surface area contributed by atoms with Crippen LogP contribution >= 0.6 is 0 Å². The van der Waals surface area contributed by atoms with Gasteiger partial charge in [0.1, 0.15) is 12.2 Å². The second kappa shape index (κ2) is 4.39. The van der Waals surface area contributed by atoms with Gasteiger partial charge < -0.3 is 11.1 Å². The molecule has 1 amide bonds. The van der Waals surface area contributed by atoms with Gasteiger partial charge in [0.05, 0.1) is 12.0 Å². The first-order chi connectivity index (χ1) is 6.93. The molecule has 0 saturated heterocycles. The van der Waals surface area contributed by atoms with E-state index >= 15 is 0 Å². The normalized spacial score (nSPS) is 11.7. The van der Waals surface area contributed by atoms with Crippen LogP contribution in [0.3, 0.4) is 0 Å². The zero-order chi connectivity index (χ0) is 11.5. The highest BCUT2D eigenvalue weighted by Gasteiger charge is 2.24. The second-order valence-corrected chi connectivity index (χ2v) is 4.15. The molecular weight excluding hydrogens is 194 g/mol. The van der Waals surface area contributed by atoms with Crippen molar-refractivity contribution in [2.75, 3.05) is 6.54 Å². The van der Waals surface area contributed by atoms with Gasteiger partial charge in [0, 0.05) is 13.6 Å². The maximum absolute atomic E-state index is 11.0. The maximum atomic E-state index is 11.0. The summed E-state index contributed by atoms with van der Waals surface area (Å²) in [5, 5.41) is 7.07. The van der Waals surface area contributed by atoms with Crippen molar-refractivity contribution in [1.82, 2.24) is 20.1 Å².